The van der Waals surface area contributed by atoms with Crippen molar-refractivity contribution in [3.63, 3.8) is 0 Å². The Balaban J connectivity index is 2.59. The maximum absolute atomic E-state index is 13.1. The van der Waals surface area contributed by atoms with Gasteiger partial charge in [-0.25, -0.2) is 0 Å². The molecule has 0 aliphatic rings. The Labute approximate surface area is 136 Å². The topological polar surface area (TPSA) is 91.7 Å². The van der Waals surface area contributed by atoms with E-state index in [-0.39, 0.29) is 28.9 Å². The monoisotopic (exact) mass is 334 g/mol. The largest absolute Gasteiger partial charge is 0.416 e. The van der Waals surface area contributed by atoms with Gasteiger partial charge in [-0.3, -0.25) is 0 Å². The maximum atomic E-state index is 13.1. The zero-order valence-electron chi connectivity index (χ0n) is 12.8. The molecule has 0 spiro atoms. The summed E-state index contributed by atoms with van der Waals surface area (Å²) < 4.78 is 39.2. The van der Waals surface area contributed by atoms with Crippen LogP contribution in [-0.2, 0) is 6.18 Å². The SMILES string of the molecule is CN(C)c1nc(N)nc(/C(C#N)=C/c2ccccc2C(F)(F)F)n1. The van der Waals surface area contributed by atoms with E-state index in [4.69, 9.17) is 5.73 Å². The molecule has 0 bridgehead atoms. The zero-order chi connectivity index (χ0) is 17.9. The summed E-state index contributed by atoms with van der Waals surface area (Å²) in [7, 11) is 3.32. The second-order valence-electron chi connectivity index (χ2n) is 4.97. The van der Waals surface area contributed by atoms with Gasteiger partial charge in [0.15, 0.2) is 5.82 Å². The molecule has 0 amide bonds. The molecule has 0 atom stereocenters. The average molecular weight is 334 g/mol. The van der Waals surface area contributed by atoms with Gasteiger partial charge in [0.2, 0.25) is 11.9 Å². The van der Waals surface area contributed by atoms with Crippen LogP contribution in [0, 0.1) is 11.3 Å². The molecule has 2 N–H and O–H groups in total. The predicted molar refractivity (Wildman–Crippen MR) is 83.5 cm³/mol. The Hall–Kier alpha value is -3.15. The molecular formula is C15H13F3N6. The van der Waals surface area contributed by atoms with Crippen molar-refractivity contribution in [3.05, 3.63) is 41.2 Å². The number of nitrogens with zero attached hydrogens (tertiary/aromatic N) is 5. The number of nitriles is 1. The highest BCUT2D eigenvalue weighted by atomic mass is 19.4. The van der Waals surface area contributed by atoms with Gasteiger partial charge in [-0.2, -0.15) is 33.4 Å². The van der Waals surface area contributed by atoms with Crippen LogP contribution in [0.15, 0.2) is 24.3 Å². The average Bonchev–Trinajstić information content (AvgIpc) is 2.51. The Bertz CT molecular complexity index is 821. The number of hydrogen-bond acceptors (Lipinski definition) is 6. The summed E-state index contributed by atoms with van der Waals surface area (Å²) in [5.74, 6) is -0.0256. The van der Waals surface area contributed by atoms with E-state index >= 15 is 0 Å². The molecule has 1 aromatic heterocycles. The fourth-order valence-electron chi connectivity index (χ4n) is 1.88. The van der Waals surface area contributed by atoms with Crippen molar-refractivity contribution in [2.24, 2.45) is 0 Å². The molecular weight excluding hydrogens is 321 g/mol. The molecule has 9 heteroatoms. The highest BCUT2D eigenvalue weighted by molar-refractivity contribution is 5.88. The first-order valence-electron chi connectivity index (χ1n) is 6.69. The second-order valence-corrected chi connectivity index (χ2v) is 4.97. The van der Waals surface area contributed by atoms with Crippen LogP contribution in [0.2, 0.25) is 0 Å². The minimum atomic E-state index is -4.54. The van der Waals surface area contributed by atoms with Crippen LogP contribution in [0.4, 0.5) is 25.1 Å². The maximum Gasteiger partial charge on any atom is 0.416 e. The van der Waals surface area contributed by atoms with Gasteiger partial charge in [0.25, 0.3) is 0 Å². The van der Waals surface area contributed by atoms with Gasteiger partial charge in [0, 0.05) is 14.1 Å². The lowest BCUT2D eigenvalue weighted by molar-refractivity contribution is -0.137. The van der Waals surface area contributed by atoms with Crippen molar-refractivity contribution in [2.45, 2.75) is 6.18 Å². The van der Waals surface area contributed by atoms with Crippen LogP contribution in [0.25, 0.3) is 11.6 Å². The first-order valence-corrected chi connectivity index (χ1v) is 6.69. The molecule has 2 rings (SSSR count). The van der Waals surface area contributed by atoms with E-state index < -0.39 is 11.7 Å². The molecule has 1 aromatic carbocycles. The van der Waals surface area contributed by atoms with E-state index in [0.717, 1.165) is 12.1 Å². The molecule has 24 heavy (non-hydrogen) atoms. The summed E-state index contributed by atoms with van der Waals surface area (Å²) in [6.07, 6.45) is -3.46. The lowest BCUT2D eigenvalue weighted by Crippen LogP contribution is -2.16. The summed E-state index contributed by atoms with van der Waals surface area (Å²) in [6.45, 7) is 0. The minimum absolute atomic E-state index is 0.0920. The van der Waals surface area contributed by atoms with Gasteiger partial charge in [0.1, 0.15) is 6.07 Å². The third-order valence-corrected chi connectivity index (χ3v) is 2.97. The molecule has 0 aliphatic carbocycles. The Morgan fingerprint density at radius 3 is 2.46 bits per heavy atom. The molecule has 6 nitrogen and oxygen atoms in total. The van der Waals surface area contributed by atoms with Crippen LogP contribution < -0.4 is 10.6 Å². The van der Waals surface area contributed by atoms with Crippen molar-refractivity contribution in [3.8, 4) is 6.07 Å². The van der Waals surface area contributed by atoms with Crippen LogP contribution >= 0.6 is 0 Å². The predicted octanol–water partition coefficient (Wildman–Crippen LogP) is 2.60. The van der Waals surface area contributed by atoms with Gasteiger partial charge >= 0.3 is 6.18 Å². The van der Waals surface area contributed by atoms with Crippen molar-refractivity contribution < 1.29 is 13.2 Å². The normalized spacial score (nSPS) is 11.9. The molecule has 0 radical (unpaired) electrons. The fourth-order valence-corrected chi connectivity index (χ4v) is 1.88. The number of benzene rings is 1. The number of nitrogens with two attached hydrogens (primary N) is 1. The molecule has 2 aromatic rings. The van der Waals surface area contributed by atoms with E-state index in [9.17, 15) is 18.4 Å². The number of hydrogen-bond donors (Lipinski definition) is 1. The summed E-state index contributed by atoms with van der Waals surface area (Å²) >= 11 is 0. The summed E-state index contributed by atoms with van der Waals surface area (Å²) in [6, 6.07) is 6.73. The van der Waals surface area contributed by atoms with E-state index in [2.05, 4.69) is 15.0 Å². The van der Waals surface area contributed by atoms with Crippen molar-refractivity contribution in [1.82, 2.24) is 15.0 Å². The second kappa shape index (κ2) is 6.54. The molecule has 0 saturated carbocycles. The zero-order valence-corrected chi connectivity index (χ0v) is 12.8. The Morgan fingerprint density at radius 1 is 1.21 bits per heavy atom. The highest BCUT2D eigenvalue weighted by Crippen LogP contribution is 2.33. The fraction of sp³-hybridized carbons (Fsp3) is 0.200. The Kier molecular flexibility index (Phi) is 4.69. The van der Waals surface area contributed by atoms with Gasteiger partial charge in [-0.05, 0) is 17.7 Å². The van der Waals surface area contributed by atoms with E-state index in [1.165, 1.54) is 18.2 Å². The number of halogens is 3. The quantitative estimate of drug-likeness (QED) is 0.868. The van der Waals surface area contributed by atoms with Gasteiger partial charge in [-0.1, -0.05) is 18.2 Å². The molecule has 0 unspecified atom stereocenters. The minimum Gasteiger partial charge on any atom is -0.368 e. The highest BCUT2D eigenvalue weighted by Gasteiger charge is 2.32. The lowest BCUT2D eigenvalue weighted by atomic mass is 10.0. The number of allylic oxidation sites excluding steroid dienone is 1. The van der Waals surface area contributed by atoms with Crippen LogP contribution in [0.3, 0.4) is 0 Å². The van der Waals surface area contributed by atoms with Crippen molar-refractivity contribution in [1.29, 1.82) is 5.26 Å². The number of nitrogen functional groups attached to an aromatic ring is 1. The smallest absolute Gasteiger partial charge is 0.368 e. The van der Waals surface area contributed by atoms with Crippen molar-refractivity contribution >= 4 is 23.5 Å². The van der Waals surface area contributed by atoms with Crippen LogP contribution in [0.5, 0.6) is 0 Å². The lowest BCUT2D eigenvalue weighted by Gasteiger charge is -2.12. The van der Waals surface area contributed by atoms with Gasteiger partial charge in [-0.15, -0.1) is 0 Å². The van der Waals surface area contributed by atoms with Gasteiger partial charge < -0.3 is 10.6 Å². The van der Waals surface area contributed by atoms with E-state index in [1.54, 1.807) is 25.1 Å². The number of aromatic nitrogens is 3. The number of anilines is 2. The Morgan fingerprint density at radius 2 is 1.88 bits per heavy atom. The molecule has 0 fully saturated rings. The van der Waals surface area contributed by atoms with Crippen LogP contribution in [-0.4, -0.2) is 29.0 Å². The molecule has 0 aliphatic heterocycles. The molecule has 1 heterocycles. The third kappa shape index (κ3) is 3.78. The number of alkyl halides is 3. The first kappa shape index (κ1) is 17.2. The van der Waals surface area contributed by atoms with E-state index in [1.807, 2.05) is 0 Å². The molecule has 124 valence electrons. The van der Waals surface area contributed by atoms with Crippen molar-refractivity contribution in [2.75, 3.05) is 24.7 Å². The van der Waals surface area contributed by atoms with Crippen LogP contribution in [0.1, 0.15) is 17.0 Å². The number of rotatable bonds is 3. The summed E-state index contributed by atoms with van der Waals surface area (Å²) in [4.78, 5) is 13.3. The standard InChI is InChI=1S/C15H13F3N6/c1-24(2)14-22-12(21-13(20)23-14)10(8-19)7-9-5-3-4-6-11(9)15(16,17)18/h3-7H,1-2H3,(H2,20,21,22,23)/b10-7+. The molecule has 0 saturated heterocycles. The third-order valence-electron chi connectivity index (χ3n) is 2.97. The van der Waals surface area contributed by atoms with Gasteiger partial charge in [0.05, 0.1) is 11.1 Å². The summed E-state index contributed by atoms with van der Waals surface area (Å²) in [5, 5.41) is 9.30. The summed E-state index contributed by atoms with van der Waals surface area (Å²) in [5.41, 5.74) is 4.41. The van der Waals surface area contributed by atoms with E-state index in [0.29, 0.717) is 0 Å². The first-order chi connectivity index (χ1) is 11.2.